The van der Waals surface area contributed by atoms with Gasteiger partial charge < -0.3 is 4.42 Å². The van der Waals surface area contributed by atoms with E-state index < -0.39 is 0 Å². The van der Waals surface area contributed by atoms with Crippen LogP contribution < -0.4 is 10.9 Å². The maximum Gasteiger partial charge on any atom is 0.269 e. The molecule has 0 fully saturated rings. The molecular weight excluding hydrogens is 328 g/mol. The first-order chi connectivity index (χ1) is 12.4. The zero-order chi connectivity index (χ0) is 18.8. The molecule has 0 radical (unpaired) electrons. The number of carbonyl (C=O) groups excluding carboxylic acids is 2. The Labute approximate surface area is 152 Å². The lowest BCUT2D eigenvalue weighted by atomic mass is 10.0. The average molecular weight is 350 g/mol. The zero-order valence-electron chi connectivity index (χ0n) is 15.4. The van der Waals surface area contributed by atoms with Crippen LogP contribution in [0.1, 0.15) is 38.2 Å². The summed E-state index contributed by atoms with van der Waals surface area (Å²) in [5.41, 5.74) is 11.2. The number of fused-ring (bicyclic) bond motifs is 1. The van der Waals surface area contributed by atoms with Crippen LogP contribution in [0.15, 0.2) is 41.0 Å². The van der Waals surface area contributed by atoms with Gasteiger partial charge >= 0.3 is 0 Å². The number of hydrogen-bond acceptors (Lipinski definition) is 3. The second kappa shape index (κ2) is 7.04. The molecule has 0 aliphatic heterocycles. The van der Waals surface area contributed by atoms with E-state index in [1.807, 2.05) is 52.0 Å². The van der Waals surface area contributed by atoms with Gasteiger partial charge in [0.1, 0.15) is 5.58 Å². The molecule has 1 aromatic heterocycles. The van der Waals surface area contributed by atoms with Gasteiger partial charge in [0.05, 0.1) is 12.7 Å². The van der Waals surface area contributed by atoms with E-state index in [0.717, 1.165) is 38.8 Å². The van der Waals surface area contributed by atoms with Gasteiger partial charge in [0.2, 0.25) is 5.91 Å². The molecule has 0 spiro atoms. The number of hydrazine groups is 1. The Morgan fingerprint density at radius 1 is 0.962 bits per heavy atom. The molecule has 0 unspecified atom stereocenters. The van der Waals surface area contributed by atoms with Crippen LogP contribution in [0, 0.1) is 27.7 Å². The van der Waals surface area contributed by atoms with E-state index in [1.54, 1.807) is 12.3 Å². The minimum Gasteiger partial charge on any atom is -0.464 e. The SMILES string of the molecule is Cc1ccc(C(=O)NNC(=O)Cc2coc3c(C)c(C)ccc23)c(C)c1. The topological polar surface area (TPSA) is 71.3 Å². The highest BCUT2D eigenvalue weighted by Gasteiger charge is 2.14. The molecule has 5 heteroatoms. The minimum absolute atomic E-state index is 0.128. The number of furan rings is 1. The van der Waals surface area contributed by atoms with Crippen LogP contribution in [0.5, 0.6) is 0 Å². The highest BCUT2D eigenvalue weighted by molar-refractivity contribution is 5.97. The van der Waals surface area contributed by atoms with Crippen LogP contribution in [-0.4, -0.2) is 11.8 Å². The van der Waals surface area contributed by atoms with Gasteiger partial charge in [-0.2, -0.15) is 0 Å². The molecule has 0 bridgehead atoms. The first-order valence-corrected chi connectivity index (χ1v) is 8.49. The first kappa shape index (κ1) is 17.7. The number of nitrogens with one attached hydrogen (secondary N) is 2. The Morgan fingerprint density at radius 3 is 2.46 bits per heavy atom. The van der Waals surface area contributed by atoms with Crippen LogP contribution in [-0.2, 0) is 11.2 Å². The highest BCUT2D eigenvalue weighted by Crippen LogP contribution is 2.26. The Hall–Kier alpha value is -3.08. The fourth-order valence-corrected chi connectivity index (χ4v) is 3.00. The van der Waals surface area contributed by atoms with Crippen molar-refractivity contribution in [3.63, 3.8) is 0 Å². The summed E-state index contributed by atoms with van der Waals surface area (Å²) < 4.78 is 5.62. The van der Waals surface area contributed by atoms with Crippen LogP contribution in [0.2, 0.25) is 0 Å². The smallest absolute Gasteiger partial charge is 0.269 e. The molecule has 0 atom stereocenters. The van der Waals surface area contributed by atoms with Crippen LogP contribution in [0.3, 0.4) is 0 Å². The maximum absolute atomic E-state index is 12.2. The lowest BCUT2D eigenvalue weighted by molar-refractivity contribution is -0.121. The van der Waals surface area contributed by atoms with E-state index in [2.05, 4.69) is 10.9 Å². The zero-order valence-corrected chi connectivity index (χ0v) is 15.4. The lowest BCUT2D eigenvalue weighted by Crippen LogP contribution is -2.42. The molecule has 2 N–H and O–H groups in total. The van der Waals surface area contributed by atoms with E-state index in [1.165, 1.54) is 0 Å². The molecule has 3 rings (SSSR count). The van der Waals surface area contributed by atoms with Crippen molar-refractivity contribution in [1.29, 1.82) is 0 Å². The Balaban J connectivity index is 1.66. The van der Waals surface area contributed by atoms with Crippen LogP contribution in [0.25, 0.3) is 11.0 Å². The predicted octanol–water partition coefficient (Wildman–Crippen LogP) is 3.67. The number of amides is 2. The van der Waals surface area contributed by atoms with Crippen molar-refractivity contribution in [2.75, 3.05) is 0 Å². The Bertz CT molecular complexity index is 1000. The summed E-state index contributed by atoms with van der Waals surface area (Å²) in [6.45, 7) is 7.85. The molecule has 3 aromatic rings. The van der Waals surface area contributed by atoms with E-state index in [4.69, 9.17) is 4.42 Å². The van der Waals surface area contributed by atoms with Crippen LogP contribution >= 0.6 is 0 Å². The van der Waals surface area contributed by atoms with Crippen molar-refractivity contribution in [3.8, 4) is 0 Å². The number of aryl methyl sites for hydroxylation is 4. The van der Waals surface area contributed by atoms with Crippen LogP contribution in [0.4, 0.5) is 0 Å². The molecule has 1 heterocycles. The molecule has 0 saturated heterocycles. The van der Waals surface area contributed by atoms with E-state index >= 15 is 0 Å². The average Bonchev–Trinajstić information content (AvgIpc) is 2.99. The monoisotopic (exact) mass is 350 g/mol. The molecule has 0 aliphatic carbocycles. The fraction of sp³-hybridized carbons (Fsp3) is 0.238. The fourth-order valence-electron chi connectivity index (χ4n) is 3.00. The lowest BCUT2D eigenvalue weighted by Gasteiger charge is -2.09. The van der Waals surface area contributed by atoms with Gasteiger partial charge in [-0.25, -0.2) is 0 Å². The summed E-state index contributed by atoms with van der Waals surface area (Å²) in [6, 6.07) is 9.51. The normalized spacial score (nSPS) is 10.8. The van der Waals surface area contributed by atoms with E-state index in [-0.39, 0.29) is 18.2 Å². The van der Waals surface area contributed by atoms with Gasteiger partial charge in [-0.15, -0.1) is 0 Å². The first-order valence-electron chi connectivity index (χ1n) is 8.49. The third-order valence-electron chi connectivity index (χ3n) is 4.63. The quantitative estimate of drug-likeness (QED) is 0.708. The second-order valence-corrected chi connectivity index (χ2v) is 6.64. The van der Waals surface area contributed by atoms with E-state index in [0.29, 0.717) is 5.56 Å². The van der Waals surface area contributed by atoms with E-state index in [9.17, 15) is 9.59 Å². The van der Waals surface area contributed by atoms with Gasteiger partial charge in [-0.1, -0.05) is 29.8 Å². The molecule has 134 valence electrons. The van der Waals surface area contributed by atoms with Gasteiger partial charge in [0, 0.05) is 16.5 Å². The summed E-state index contributed by atoms with van der Waals surface area (Å²) in [6.07, 6.45) is 1.73. The third-order valence-corrected chi connectivity index (χ3v) is 4.63. The third kappa shape index (κ3) is 3.47. The van der Waals surface area contributed by atoms with Crippen molar-refractivity contribution in [3.05, 3.63) is 70.0 Å². The second-order valence-electron chi connectivity index (χ2n) is 6.64. The maximum atomic E-state index is 12.2. The minimum atomic E-state index is -0.334. The van der Waals surface area contributed by atoms with Crippen molar-refractivity contribution in [2.24, 2.45) is 0 Å². The molecular formula is C21H22N2O3. The van der Waals surface area contributed by atoms with Gasteiger partial charge in [0.25, 0.3) is 5.91 Å². The highest BCUT2D eigenvalue weighted by atomic mass is 16.3. The van der Waals surface area contributed by atoms with Crippen molar-refractivity contribution in [2.45, 2.75) is 34.1 Å². The van der Waals surface area contributed by atoms with Crippen molar-refractivity contribution < 1.29 is 14.0 Å². The molecule has 2 aromatic carbocycles. The number of hydrogen-bond donors (Lipinski definition) is 2. The predicted molar refractivity (Wildman–Crippen MR) is 101 cm³/mol. The largest absolute Gasteiger partial charge is 0.464 e. The van der Waals surface area contributed by atoms with Gasteiger partial charge in [-0.05, 0) is 50.5 Å². The number of benzene rings is 2. The summed E-state index contributed by atoms with van der Waals surface area (Å²) in [5, 5.41) is 0.920. The molecule has 0 saturated carbocycles. The van der Waals surface area contributed by atoms with Crippen molar-refractivity contribution >= 4 is 22.8 Å². The summed E-state index contributed by atoms with van der Waals surface area (Å²) in [4.78, 5) is 24.4. The van der Waals surface area contributed by atoms with Gasteiger partial charge in [-0.3, -0.25) is 20.4 Å². The van der Waals surface area contributed by atoms with Gasteiger partial charge in [0.15, 0.2) is 0 Å². The molecule has 26 heavy (non-hydrogen) atoms. The Kier molecular flexibility index (Phi) is 4.80. The Morgan fingerprint density at radius 2 is 1.73 bits per heavy atom. The molecule has 5 nitrogen and oxygen atoms in total. The summed E-state index contributed by atoms with van der Waals surface area (Å²) >= 11 is 0. The standard InChI is InChI=1S/C21H22N2O3/c1-12-5-7-17(14(3)9-12)21(25)23-22-19(24)10-16-11-26-20-15(4)13(2)6-8-18(16)20/h5-9,11H,10H2,1-4H3,(H,22,24)(H,23,25). The number of carbonyl (C=O) groups is 2. The molecule has 0 aliphatic rings. The number of rotatable bonds is 3. The van der Waals surface area contributed by atoms with Crippen molar-refractivity contribution in [1.82, 2.24) is 10.9 Å². The molecule has 2 amide bonds. The summed E-state index contributed by atoms with van der Waals surface area (Å²) in [7, 11) is 0. The summed E-state index contributed by atoms with van der Waals surface area (Å²) in [5.74, 6) is -0.636.